The smallest absolute Gasteiger partial charge is 0.161 e. The molecule has 19 heavy (non-hydrogen) atoms. The van der Waals surface area contributed by atoms with E-state index in [-0.39, 0.29) is 0 Å². The first-order valence-corrected chi connectivity index (χ1v) is 8.02. The van der Waals surface area contributed by atoms with E-state index in [4.69, 9.17) is 0 Å². The average molecular weight is 297 g/mol. The van der Waals surface area contributed by atoms with Crippen LogP contribution in [-0.2, 0) is 6.54 Å². The Labute approximate surface area is 121 Å². The van der Waals surface area contributed by atoms with Crippen LogP contribution in [0.3, 0.4) is 0 Å². The number of rotatable bonds is 6. The van der Waals surface area contributed by atoms with Crippen molar-refractivity contribution in [1.82, 2.24) is 25.1 Å². The maximum atomic E-state index is 4.26. The summed E-state index contributed by atoms with van der Waals surface area (Å²) in [6.07, 6.45) is 0. The van der Waals surface area contributed by atoms with Gasteiger partial charge in [0, 0.05) is 6.54 Å². The van der Waals surface area contributed by atoms with Gasteiger partial charge in [0.05, 0.1) is 5.69 Å². The van der Waals surface area contributed by atoms with Crippen molar-refractivity contribution in [3.05, 3.63) is 10.7 Å². The molecule has 0 saturated heterocycles. The van der Waals surface area contributed by atoms with Crippen molar-refractivity contribution in [2.24, 2.45) is 5.92 Å². The first kappa shape index (κ1) is 14.5. The van der Waals surface area contributed by atoms with Crippen LogP contribution in [0, 0.1) is 5.92 Å². The monoisotopic (exact) mass is 297 g/mol. The summed E-state index contributed by atoms with van der Waals surface area (Å²) in [5.74, 6) is 1.01. The van der Waals surface area contributed by atoms with E-state index in [1.54, 1.807) is 11.3 Å². The minimum atomic E-state index is 0.361. The molecule has 0 fully saturated rings. The fraction of sp³-hybridized carbons (Fsp3) is 0.667. The van der Waals surface area contributed by atoms with Gasteiger partial charge in [0.2, 0.25) is 0 Å². The first-order chi connectivity index (χ1) is 9.08. The molecule has 2 aromatic rings. The summed E-state index contributed by atoms with van der Waals surface area (Å²) in [5.41, 5.74) is 1.02. The van der Waals surface area contributed by atoms with Crippen LogP contribution in [0.1, 0.15) is 44.3 Å². The summed E-state index contributed by atoms with van der Waals surface area (Å²) in [6, 6.07) is 0. The minimum absolute atomic E-state index is 0.361. The van der Waals surface area contributed by atoms with Crippen LogP contribution in [0.4, 0.5) is 0 Å². The molecule has 0 amide bonds. The van der Waals surface area contributed by atoms with E-state index >= 15 is 0 Å². The third-order valence-electron chi connectivity index (χ3n) is 2.55. The molecule has 2 heterocycles. The highest BCUT2D eigenvalue weighted by atomic mass is 32.1. The van der Waals surface area contributed by atoms with E-state index in [1.807, 2.05) is 0 Å². The summed E-state index contributed by atoms with van der Waals surface area (Å²) >= 11 is 3.02. The first-order valence-electron chi connectivity index (χ1n) is 6.43. The van der Waals surface area contributed by atoms with Crippen molar-refractivity contribution in [1.29, 1.82) is 0 Å². The van der Waals surface area contributed by atoms with Gasteiger partial charge in [0.15, 0.2) is 5.01 Å². The van der Waals surface area contributed by atoms with Gasteiger partial charge in [-0.15, -0.1) is 15.3 Å². The lowest BCUT2D eigenvalue weighted by atomic mass is 10.1. The van der Waals surface area contributed by atoms with Crippen LogP contribution in [-0.4, -0.2) is 26.3 Å². The molecule has 5 nitrogen and oxygen atoms in total. The zero-order valence-electron chi connectivity index (χ0n) is 11.7. The molecule has 0 aromatic carbocycles. The van der Waals surface area contributed by atoms with E-state index in [1.165, 1.54) is 11.5 Å². The molecule has 0 bridgehead atoms. The summed E-state index contributed by atoms with van der Waals surface area (Å²) in [6.45, 7) is 10.4. The van der Waals surface area contributed by atoms with E-state index in [0.717, 1.165) is 33.7 Å². The van der Waals surface area contributed by atoms with Gasteiger partial charge in [-0.05, 0) is 29.9 Å². The zero-order chi connectivity index (χ0) is 13.8. The highest BCUT2D eigenvalue weighted by Crippen LogP contribution is 2.32. The fourth-order valence-electron chi connectivity index (χ4n) is 1.61. The molecule has 0 spiro atoms. The van der Waals surface area contributed by atoms with Gasteiger partial charge < -0.3 is 5.32 Å². The third kappa shape index (κ3) is 3.77. The normalized spacial score (nSPS) is 11.7. The molecule has 2 aromatic heterocycles. The van der Waals surface area contributed by atoms with Crippen LogP contribution in [0.15, 0.2) is 0 Å². The van der Waals surface area contributed by atoms with Gasteiger partial charge >= 0.3 is 0 Å². The SMILES string of the molecule is CC(C)CNCc1nnc(-c2snnc2C(C)C)s1. The molecule has 2 rings (SSSR count). The predicted molar refractivity (Wildman–Crippen MR) is 79.4 cm³/mol. The second kappa shape index (κ2) is 6.49. The van der Waals surface area contributed by atoms with E-state index < -0.39 is 0 Å². The van der Waals surface area contributed by atoms with Gasteiger partial charge in [-0.3, -0.25) is 0 Å². The van der Waals surface area contributed by atoms with Crippen molar-refractivity contribution in [3.63, 3.8) is 0 Å². The molecule has 0 saturated carbocycles. The third-order valence-corrected chi connectivity index (χ3v) is 4.37. The summed E-state index contributed by atoms with van der Waals surface area (Å²) < 4.78 is 4.03. The van der Waals surface area contributed by atoms with Crippen LogP contribution < -0.4 is 5.32 Å². The molecule has 0 aliphatic rings. The minimum Gasteiger partial charge on any atom is -0.310 e. The molecule has 7 heteroatoms. The molecule has 0 atom stereocenters. The highest BCUT2D eigenvalue weighted by molar-refractivity contribution is 7.19. The van der Waals surface area contributed by atoms with E-state index in [2.05, 4.69) is 52.8 Å². The molecular weight excluding hydrogens is 278 g/mol. The summed E-state index contributed by atoms with van der Waals surface area (Å²) in [4.78, 5) is 1.06. The second-order valence-corrected chi connectivity index (χ2v) is 6.98. The van der Waals surface area contributed by atoms with Crippen molar-refractivity contribution in [2.75, 3.05) is 6.54 Å². The Morgan fingerprint density at radius 1 is 1.11 bits per heavy atom. The molecule has 104 valence electrons. The maximum absolute atomic E-state index is 4.26. The Morgan fingerprint density at radius 3 is 2.58 bits per heavy atom. The van der Waals surface area contributed by atoms with Crippen LogP contribution in [0.2, 0.25) is 0 Å². The van der Waals surface area contributed by atoms with Crippen molar-refractivity contribution in [3.8, 4) is 9.88 Å². The lowest BCUT2D eigenvalue weighted by Gasteiger charge is -2.04. The Kier molecular flexibility index (Phi) is 4.95. The van der Waals surface area contributed by atoms with E-state index in [9.17, 15) is 0 Å². The number of nitrogens with zero attached hydrogens (tertiary/aromatic N) is 4. The Bertz CT molecular complexity index is 518. The van der Waals surface area contributed by atoms with Crippen LogP contribution >= 0.6 is 22.9 Å². The van der Waals surface area contributed by atoms with Crippen LogP contribution in [0.25, 0.3) is 9.88 Å². The zero-order valence-corrected chi connectivity index (χ0v) is 13.3. The largest absolute Gasteiger partial charge is 0.310 e. The van der Waals surface area contributed by atoms with E-state index in [0.29, 0.717) is 11.8 Å². The van der Waals surface area contributed by atoms with Gasteiger partial charge in [-0.1, -0.05) is 43.5 Å². The van der Waals surface area contributed by atoms with Crippen molar-refractivity contribution >= 4 is 22.9 Å². The molecule has 1 N–H and O–H groups in total. The Morgan fingerprint density at radius 2 is 1.89 bits per heavy atom. The average Bonchev–Trinajstić information content (AvgIpc) is 2.95. The second-order valence-electron chi connectivity index (χ2n) is 5.17. The number of aromatic nitrogens is 4. The molecule has 0 aliphatic heterocycles. The van der Waals surface area contributed by atoms with Gasteiger partial charge in [-0.25, -0.2) is 0 Å². The standard InChI is InChI=1S/C12H19N5S2/c1-7(2)5-13-6-9-14-16-12(18-9)11-10(8(3)4)15-17-19-11/h7-8,13H,5-6H2,1-4H3. The fourth-order valence-corrected chi connectivity index (χ4v) is 3.30. The molecule has 0 radical (unpaired) electrons. The van der Waals surface area contributed by atoms with Gasteiger partial charge in [-0.2, -0.15) is 0 Å². The number of hydrogen-bond acceptors (Lipinski definition) is 7. The Hall–Kier alpha value is -0.920. The van der Waals surface area contributed by atoms with Crippen LogP contribution in [0.5, 0.6) is 0 Å². The molecular formula is C12H19N5S2. The van der Waals surface area contributed by atoms with Crippen molar-refractivity contribution in [2.45, 2.75) is 40.2 Å². The number of nitrogens with one attached hydrogen (secondary N) is 1. The quantitative estimate of drug-likeness (QED) is 0.888. The topological polar surface area (TPSA) is 63.6 Å². The predicted octanol–water partition coefficient (Wildman–Crippen LogP) is 2.93. The van der Waals surface area contributed by atoms with Gasteiger partial charge in [0.25, 0.3) is 0 Å². The highest BCUT2D eigenvalue weighted by Gasteiger charge is 2.17. The summed E-state index contributed by atoms with van der Waals surface area (Å²) in [5, 5.41) is 18.0. The lowest BCUT2D eigenvalue weighted by Crippen LogP contribution is -2.18. The maximum Gasteiger partial charge on any atom is 0.161 e. The Balaban J connectivity index is 2.06. The number of hydrogen-bond donors (Lipinski definition) is 1. The summed E-state index contributed by atoms with van der Waals surface area (Å²) in [7, 11) is 0. The molecule has 0 aliphatic carbocycles. The molecule has 0 unspecified atom stereocenters. The lowest BCUT2D eigenvalue weighted by molar-refractivity contribution is 0.550. The van der Waals surface area contributed by atoms with Gasteiger partial charge in [0.1, 0.15) is 9.88 Å². The van der Waals surface area contributed by atoms with Crippen molar-refractivity contribution < 1.29 is 0 Å².